The van der Waals surface area contributed by atoms with Crippen molar-refractivity contribution in [1.82, 2.24) is 19.7 Å². The summed E-state index contributed by atoms with van der Waals surface area (Å²) in [5.74, 6) is -0.597. The highest BCUT2D eigenvalue weighted by Gasteiger charge is 2.18. The normalized spacial score (nSPS) is 11.5. The number of hydrogen-bond donors (Lipinski definition) is 2. The summed E-state index contributed by atoms with van der Waals surface area (Å²) < 4.78 is 25.1. The van der Waals surface area contributed by atoms with Gasteiger partial charge >= 0.3 is 0 Å². The molecule has 0 radical (unpaired) electrons. The lowest BCUT2D eigenvalue weighted by atomic mass is 10.2. The van der Waals surface area contributed by atoms with Crippen LogP contribution in [0.3, 0.4) is 0 Å². The Morgan fingerprint density at radius 1 is 1.20 bits per heavy atom. The first-order valence-electron chi connectivity index (χ1n) is 8.57. The number of anilines is 1. The number of aromatic amines is 1. The molecule has 0 aliphatic rings. The van der Waals surface area contributed by atoms with Gasteiger partial charge < -0.3 is 10.3 Å². The highest BCUT2D eigenvalue weighted by molar-refractivity contribution is 7.90. The molecule has 9 nitrogen and oxygen atoms in total. The number of carbonyl (C=O) groups is 1. The van der Waals surface area contributed by atoms with Gasteiger partial charge in [-0.15, -0.1) is 0 Å². The molecule has 4 rings (SSSR count). The van der Waals surface area contributed by atoms with E-state index in [2.05, 4.69) is 20.4 Å². The molecule has 2 aromatic carbocycles. The predicted molar refractivity (Wildman–Crippen MR) is 112 cm³/mol. The number of benzene rings is 2. The number of nitrogens with one attached hydrogen (secondary N) is 2. The van der Waals surface area contributed by atoms with Crippen molar-refractivity contribution >= 4 is 44.1 Å². The Morgan fingerprint density at radius 3 is 2.73 bits per heavy atom. The smallest absolute Gasteiger partial charge is 0.261 e. The van der Waals surface area contributed by atoms with Crippen LogP contribution in [0.2, 0.25) is 5.02 Å². The van der Waals surface area contributed by atoms with Crippen LogP contribution in [0.1, 0.15) is 10.4 Å². The van der Waals surface area contributed by atoms with E-state index in [9.17, 15) is 18.0 Å². The molecule has 30 heavy (non-hydrogen) atoms. The Labute approximate surface area is 175 Å². The molecule has 4 aromatic rings. The maximum Gasteiger partial charge on any atom is 0.261 e. The van der Waals surface area contributed by atoms with Gasteiger partial charge in [-0.3, -0.25) is 9.59 Å². The molecule has 0 saturated heterocycles. The van der Waals surface area contributed by atoms with Gasteiger partial charge in [-0.1, -0.05) is 23.7 Å². The zero-order valence-electron chi connectivity index (χ0n) is 15.5. The number of para-hydroxylation sites is 2. The third kappa shape index (κ3) is 3.58. The van der Waals surface area contributed by atoms with Crippen LogP contribution in [-0.2, 0) is 9.84 Å². The summed E-state index contributed by atoms with van der Waals surface area (Å²) in [5, 5.41) is 7.33. The minimum Gasteiger partial charge on any atom is -0.320 e. The van der Waals surface area contributed by atoms with Gasteiger partial charge in [0.05, 0.1) is 39.4 Å². The molecule has 0 atom stereocenters. The maximum absolute atomic E-state index is 12.9. The van der Waals surface area contributed by atoms with Crippen molar-refractivity contribution in [2.75, 3.05) is 11.6 Å². The number of aromatic nitrogens is 4. The summed E-state index contributed by atoms with van der Waals surface area (Å²) in [7, 11) is -3.51. The Morgan fingerprint density at radius 2 is 1.97 bits per heavy atom. The monoisotopic (exact) mass is 443 g/mol. The first-order chi connectivity index (χ1) is 14.3. The number of hydrogen-bond acceptors (Lipinski definition) is 6. The van der Waals surface area contributed by atoms with Crippen LogP contribution in [0.5, 0.6) is 0 Å². The molecule has 1 amide bonds. The second kappa shape index (κ2) is 7.39. The second-order valence-corrected chi connectivity index (χ2v) is 8.83. The summed E-state index contributed by atoms with van der Waals surface area (Å²) in [4.78, 5) is 31.4. The second-order valence-electron chi connectivity index (χ2n) is 6.41. The molecule has 11 heteroatoms. The Hall–Kier alpha value is -3.50. The molecule has 2 aromatic heterocycles. The van der Waals surface area contributed by atoms with E-state index in [0.29, 0.717) is 22.4 Å². The highest BCUT2D eigenvalue weighted by Crippen LogP contribution is 2.25. The average Bonchev–Trinajstić information content (AvgIpc) is 3.13. The minimum absolute atomic E-state index is 0.00860. The standard InChI is InChI=1S/C19H14ClN5O4S/c1-30(28,29)11-6-7-14(20)12(8-11)19(27)24-15-4-2-3-5-16(15)25-17-13(9-23-25)18(26)22-10-21-17/h2-10H,1H3,(H,24,27)(H,21,22,26). The van der Waals surface area contributed by atoms with Gasteiger partial charge in [-0.05, 0) is 30.3 Å². The van der Waals surface area contributed by atoms with Crippen molar-refractivity contribution in [3.8, 4) is 5.69 Å². The van der Waals surface area contributed by atoms with E-state index in [1.54, 1.807) is 24.3 Å². The molecule has 0 bridgehead atoms. The van der Waals surface area contributed by atoms with E-state index in [0.717, 1.165) is 6.26 Å². The van der Waals surface area contributed by atoms with Crippen LogP contribution >= 0.6 is 11.6 Å². The SMILES string of the molecule is CS(=O)(=O)c1ccc(Cl)c(C(=O)Nc2ccccc2-n2ncc3c(=O)[nH]cnc32)c1. The van der Waals surface area contributed by atoms with Crippen LogP contribution in [0.15, 0.2) is 64.7 Å². The Bertz CT molecular complexity index is 1460. The van der Waals surface area contributed by atoms with Gasteiger partial charge in [0, 0.05) is 6.26 Å². The van der Waals surface area contributed by atoms with E-state index in [1.807, 2.05) is 0 Å². The summed E-state index contributed by atoms with van der Waals surface area (Å²) >= 11 is 6.12. The highest BCUT2D eigenvalue weighted by atomic mass is 35.5. The summed E-state index contributed by atoms with van der Waals surface area (Å²) in [5.41, 5.74) is 0.828. The van der Waals surface area contributed by atoms with Crippen molar-refractivity contribution < 1.29 is 13.2 Å². The number of sulfone groups is 1. The van der Waals surface area contributed by atoms with Gasteiger partial charge in [0.1, 0.15) is 5.39 Å². The fourth-order valence-corrected chi connectivity index (χ4v) is 3.75. The molecular formula is C19H14ClN5O4S. The molecule has 2 N–H and O–H groups in total. The average molecular weight is 444 g/mol. The molecule has 0 aliphatic carbocycles. The van der Waals surface area contributed by atoms with Crippen molar-refractivity contribution in [2.24, 2.45) is 0 Å². The topological polar surface area (TPSA) is 127 Å². The minimum atomic E-state index is -3.51. The number of amides is 1. The van der Waals surface area contributed by atoms with E-state index in [1.165, 1.54) is 35.4 Å². The van der Waals surface area contributed by atoms with Crippen molar-refractivity contribution in [2.45, 2.75) is 4.90 Å². The van der Waals surface area contributed by atoms with Gasteiger partial charge in [-0.2, -0.15) is 5.10 Å². The quantitative estimate of drug-likeness (QED) is 0.498. The molecule has 2 heterocycles. The number of fused-ring (bicyclic) bond motifs is 1. The number of carbonyl (C=O) groups excluding carboxylic acids is 1. The van der Waals surface area contributed by atoms with Crippen LogP contribution in [0.4, 0.5) is 5.69 Å². The molecule has 0 saturated carbocycles. The van der Waals surface area contributed by atoms with Crippen LogP contribution in [0, 0.1) is 0 Å². The van der Waals surface area contributed by atoms with Crippen LogP contribution in [-0.4, -0.2) is 40.3 Å². The van der Waals surface area contributed by atoms with E-state index in [4.69, 9.17) is 11.6 Å². The van der Waals surface area contributed by atoms with Crippen molar-refractivity contribution in [3.05, 3.63) is 75.9 Å². The summed E-state index contributed by atoms with van der Waals surface area (Å²) in [6.45, 7) is 0. The zero-order chi connectivity index (χ0) is 21.5. The molecule has 0 unspecified atom stereocenters. The van der Waals surface area contributed by atoms with Gasteiger partial charge in [0.15, 0.2) is 15.5 Å². The van der Waals surface area contributed by atoms with Gasteiger partial charge in [-0.25, -0.2) is 18.1 Å². The zero-order valence-corrected chi connectivity index (χ0v) is 17.0. The lowest BCUT2D eigenvalue weighted by Gasteiger charge is -2.12. The van der Waals surface area contributed by atoms with Crippen LogP contribution < -0.4 is 10.9 Å². The van der Waals surface area contributed by atoms with Gasteiger partial charge in [0.25, 0.3) is 11.5 Å². The first-order valence-corrected chi connectivity index (χ1v) is 10.8. The maximum atomic E-state index is 12.9. The van der Waals surface area contributed by atoms with Crippen LogP contribution in [0.25, 0.3) is 16.7 Å². The lowest BCUT2D eigenvalue weighted by Crippen LogP contribution is -2.15. The fraction of sp³-hybridized carbons (Fsp3) is 0.0526. The third-order valence-electron chi connectivity index (χ3n) is 4.36. The van der Waals surface area contributed by atoms with Crippen molar-refractivity contribution in [3.63, 3.8) is 0 Å². The first kappa shape index (κ1) is 19.8. The predicted octanol–water partition coefficient (Wildman–Crippen LogP) is 2.42. The molecule has 152 valence electrons. The van der Waals surface area contributed by atoms with E-state index < -0.39 is 15.7 Å². The summed E-state index contributed by atoms with van der Waals surface area (Å²) in [6.07, 6.45) is 3.69. The number of rotatable bonds is 4. The lowest BCUT2D eigenvalue weighted by molar-refractivity contribution is 0.102. The summed E-state index contributed by atoms with van der Waals surface area (Å²) in [6, 6.07) is 10.7. The van der Waals surface area contributed by atoms with E-state index >= 15 is 0 Å². The molecule has 0 spiro atoms. The Balaban J connectivity index is 1.77. The van der Waals surface area contributed by atoms with Crippen molar-refractivity contribution in [1.29, 1.82) is 0 Å². The third-order valence-corrected chi connectivity index (χ3v) is 5.80. The number of halogens is 1. The molecular weight excluding hydrogens is 430 g/mol. The van der Waals surface area contributed by atoms with Gasteiger partial charge in [0.2, 0.25) is 0 Å². The Kier molecular flexibility index (Phi) is 4.88. The molecule has 0 aliphatic heterocycles. The number of H-pyrrole nitrogens is 1. The number of nitrogens with zero attached hydrogens (tertiary/aromatic N) is 3. The molecule has 0 fully saturated rings. The largest absolute Gasteiger partial charge is 0.320 e. The fourth-order valence-electron chi connectivity index (χ4n) is 2.90. The van der Waals surface area contributed by atoms with E-state index in [-0.39, 0.29) is 21.0 Å².